The lowest BCUT2D eigenvalue weighted by Crippen LogP contribution is -2.28. The van der Waals surface area contributed by atoms with Crippen molar-refractivity contribution in [2.24, 2.45) is 0 Å². The monoisotopic (exact) mass is 286 g/mol. The minimum atomic E-state index is -0.799. The Morgan fingerprint density at radius 2 is 1.52 bits per heavy atom. The first kappa shape index (κ1) is 15.5. The molecular formula is C18H22O3. The lowest BCUT2D eigenvalue weighted by atomic mass is 9.85. The maximum Gasteiger partial charge on any atom is 0.193 e. The summed E-state index contributed by atoms with van der Waals surface area (Å²) in [6, 6.07) is 1.46. The molecule has 1 heterocycles. The molecule has 1 aromatic heterocycles. The second kappa shape index (κ2) is 4.83. The zero-order valence-corrected chi connectivity index (χ0v) is 13.8. The van der Waals surface area contributed by atoms with E-state index in [1.807, 2.05) is 27.7 Å². The first-order valence-corrected chi connectivity index (χ1v) is 7.14. The van der Waals surface area contributed by atoms with Crippen LogP contribution in [0.15, 0.2) is 15.3 Å². The number of ketones is 1. The molecule has 0 atom stereocenters. The van der Waals surface area contributed by atoms with Crippen molar-refractivity contribution in [3.63, 3.8) is 0 Å². The second-order valence-electron chi connectivity index (χ2n) is 6.36. The molecule has 0 saturated carbocycles. The SMILES string of the molecule is CC(=O)C(C)(C)c1cc(=O)c2c(C)c(C)c(C)c(C)c2o1. The molecule has 112 valence electrons. The summed E-state index contributed by atoms with van der Waals surface area (Å²) < 4.78 is 6.00. The maximum absolute atomic E-state index is 12.5. The van der Waals surface area contributed by atoms with Crippen LogP contribution in [0.25, 0.3) is 11.0 Å². The van der Waals surface area contributed by atoms with E-state index in [9.17, 15) is 9.59 Å². The number of benzene rings is 1. The zero-order chi connectivity index (χ0) is 16.1. The Morgan fingerprint density at radius 1 is 1.00 bits per heavy atom. The molecule has 3 nitrogen and oxygen atoms in total. The topological polar surface area (TPSA) is 47.3 Å². The lowest BCUT2D eigenvalue weighted by Gasteiger charge is -2.21. The highest BCUT2D eigenvalue weighted by Crippen LogP contribution is 2.31. The number of hydrogen-bond acceptors (Lipinski definition) is 3. The molecule has 0 bridgehead atoms. The molecule has 0 spiro atoms. The van der Waals surface area contributed by atoms with Crippen molar-refractivity contribution in [2.45, 2.75) is 53.9 Å². The average molecular weight is 286 g/mol. The molecule has 0 saturated heterocycles. The van der Waals surface area contributed by atoms with Crippen molar-refractivity contribution in [1.29, 1.82) is 0 Å². The first-order chi connectivity index (χ1) is 9.59. The Bertz CT molecular complexity index is 808. The van der Waals surface area contributed by atoms with Gasteiger partial charge in [0, 0.05) is 6.07 Å². The highest BCUT2D eigenvalue weighted by Gasteiger charge is 2.30. The third kappa shape index (κ3) is 2.21. The van der Waals surface area contributed by atoms with Crippen molar-refractivity contribution in [1.82, 2.24) is 0 Å². The Morgan fingerprint density at radius 3 is 2.05 bits per heavy atom. The molecular weight excluding hydrogens is 264 g/mol. The second-order valence-corrected chi connectivity index (χ2v) is 6.36. The quantitative estimate of drug-likeness (QED) is 0.841. The van der Waals surface area contributed by atoms with Gasteiger partial charge in [-0.15, -0.1) is 0 Å². The van der Waals surface area contributed by atoms with Crippen molar-refractivity contribution in [2.75, 3.05) is 0 Å². The van der Waals surface area contributed by atoms with E-state index >= 15 is 0 Å². The van der Waals surface area contributed by atoms with Gasteiger partial charge in [0.05, 0.1) is 10.8 Å². The van der Waals surface area contributed by atoms with E-state index < -0.39 is 5.41 Å². The van der Waals surface area contributed by atoms with Crippen LogP contribution in [0.3, 0.4) is 0 Å². The number of carbonyl (C=O) groups excluding carboxylic acids is 1. The fourth-order valence-electron chi connectivity index (χ4n) is 2.51. The normalized spacial score (nSPS) is 12.0. The van der Waals surface area contributed by atoms with Gasteiger partial charge in [-0.3, -0.25) is 9.59 Å². The van der Waals surface area contributed by atoms with Crippen LogP contribution in [0.4, 0.5) is 0 Å². The fourth-order valence-corrected chi connectivity index (χ4v) is 2.51. The summed E-state index contributed by atoms with van der Waals surface area (Å²) >= 11 is 0. The van der Waals surface area contributed by atoms with Gasteiger partial charge in [0.1, 0.15) is 17.1 Å². The average Bonchev–Trinajstić information content (AvgIpc) is 2.41. The van der Waals surface area contributed by atoms with E-state index in [1.165, 1.54) is 13.0 Å². The lowest BCUT2D eigenvalue weighted by molar-refractivity contribution is -0.121. The number of hydrogen-bond donors (Lipinski definition) is 0. The number of rotatable bonds is 2. The molecule has 0 unspecified atom stereocenters. The van der Waals surface area contributed by atoms with E-state index in [-0.39, 0.29) is 11.2 Å². The van der Waals surface area contributed by atoms with Gasteiger partial charge < -0.3 is 4.42 Å². The molecule has 2 aromatic rings. The number of fused-ring (bicyclic) bond motifs is 1. The molecule has 0 aliphatic carbocycles. The van der Waals surface area contributed by atoms with E-state index in [0.717, 1.165) is 22.3 Å². The van der Waals surface area contributed by atoms with E-state index in [4.69, 9.17) is 4.42 Å². The molecule has 3 heteroatoms. The molecule has 0 aliphatic rings. The Labute approximate surface area is 125 Å². The van der Waals surface area contributed by atoms with Crippen LogP contribution in [0.2, 0.25) is 0 Å². The highest BCUT2D eigenvalue weighted by molar-refractivity contribution is 5.89. The van der Waals surface area contributed by atoms with Crippen LogP contribution in [0.1, 0.15) is 48.8 Å². The molecule has 0 radical (unpaired) electrons. The third-order valence-corrected chi connectivity index (χ3v) is 4.85. The summed E-state index contributed by atoms with van der Waals surface area (Å²) in [5.74, 6) is 0.404. The predicted molar refractivity (Wildman–Crippen MR) is 85.1 cm³/mol. The summed E-state index contributed by atoms with van der Waals surface area (Å²) in [4.78, 5) is 24.4. The van der Waals surface area contributed by atoms with Crippen molar-refractivity contribution in [3.8, 4) is 0 Å². The van der Waals surface area contributed by atoms with Crippen LogP contribution >= 0.6 is 0 Å². The van der Waals surface area contributed by atoms with Crippen molar-refractivity contribution < 1.29 is 9.21 Å². The van der Waals surface area contributed by atoms with Crippen molar-refractivity contribution in [3.05, 3.63) is 44.3 Å². The number of carbonyl (C=O) groups is 1. The minimum Gasteiger partial charge on any atom is -0.459 e. The first-order valence-electron chi connectivity index (χ1n) is 7.14. The van der Waals surface area contributed by atoms with Crippen molar-refractivity contribution >= 4 is 16.8 Å². The molecule has 2 rings (SSSR count). The molecule has 0 N–H and O–H groups in total. The van der Waals surface area contributed by atoms with Gasteiger partial charge in [0.25, 0.3) is 0 Å². The number of Topliss-reactive ketones (excluding diaryl/α,β-unsaturated/α-hetero) is 1. The van der Waals surface area contributed by atoms with Gasteiger partial charge in [0.2, 0.25) is 0 Å². The zero-order valence-electron chi connectivity index (χ0n) is 13.8. The predicted octanol–water partition coefficient (Wildman–Crippen LogP) is 3.89. The summed E-state index contributed by atoms with van der Waals surface area (Å²) in [6.07, 6.45) is 0. The van der Waals surface area contributed by atoms with Crippen LogP contribution in [0.5, 0.6) is 0 Å². The van der Waals surface area contributed by atoms with Gasteiger partial charge in [-0.25, -0.2) is 0 Å². The summed E-state index contributed by atoms with van der Waals surface area (Å²) in [6.45, 7) is 13.0. The highest BCUT2D eigenvalue weighted by atomic mass is 16.3. The van der Waals surface area contributed by atoms with Crippen LogP contribution in [-0.2, 0) is 10.2 Å². The van der Waals surface area contributed by atoms with Gasteiger partial charge in [-0.05, 0) is 70.7 Å². The Kier molecular flexibility index (Phi) is 3.56. The largest absolute Gasteiger partial charge is 0.459 e. The van der Waals surface area contributed by atoms with Crippen LogP contribution < -0.4 is 5.43 Å². The van der Waals surface area contributed by atoms with E-state index in [1.54, 1.807) is 13.8 Å². The number of aryl methyl sites for hydroxylation is 2. The molecule has 21 heavy (non-hydrogen) atoms. The molecule has 1 aromatic carbocycles. The third-order valence-electron chi connectivity index (χ3n) is 4.85. The van der Waals surface area contributed by atoms with Crippen LogP contribution in [-0.4, -0.2) is 5.78 Å². The van der Waals surface area contributed by atoms with E-state index in [0.29, 0.717) is 16.7 Å². The molecule has 0 aliphatic heterocycles. The van der Waals surface area contributed by atoms with Gasteiger partial charge >= 0.3 is 0 Å². The maximum atomic E-state index is 12.5. The fraction of sp³-hybridized carbons (Fsp3) is 0.444. The van der Waals surface area contributed by atoms with Gasteiger partial charge in [-0.2, -0.15) is 0 Å². The molecule has 0 fully saturated rings. The summed E-state index contributed by atoms with van der Waals surface area (Å²) in [7, 11) is 0. The summed E-state index contributed by atoms with van der Waals surface area (Å²) in [5, 5.41) is 0.624. The standard InChI is InChI=1S/C18H22O3/c1-9-10(2)12(4)17-16(11(9)3)14(20)8-15(21-17)18(6,7)13(5)19/h8H,1-7H3. The van der Waals surface area contributed by atoms with Gasteiger partial charge in [0.15, 0.2) is 5.43 Å². The van der Waals surface area contributed by atoms with Crippen LogP contribution in [0, 0.1) is 27.7 Å². The minimum absolute atomic E-state index is 0.0248. The Balaban J connectivity index is 2.97. The summed E-state index contributed by atoms with van der Waals surface area (Å²) in [5.41, 5.74) is 3.89. The smallest absolute Gasteiger partial charge is 0.193 e. The Hall–Kier alpha value is -1.90. The molecule has 0 amide bonds. The van der Waals surface area contributed by atoms with E-state index in [2.05, 4.69) is 0 Å². The van der Waals surface area contributed by atoms with Gasteiger partial charge in [-0.1, -0.05) is 0 Å².